The summed E-state index contributed by atoms with van der Waals surface area (Å²) in [4.78, 5) is 10.9. The Labute approximate surface area is 124 Å². The molecule has 0 spiro atoms. The Morgan fingerprint density at radius 3 is 2.67 bits per heavy atom. The van der Waals surface area contributed by atoms with Gasteiger partial charge in [-0.25, -0.2) is 17.9 Å². The minimum Gasteiger partial charge on any atom is -0.478 e. The molecule has 1 rings (SSSR count). The zero-order chi connectivity index (χ0) is 16.0. The number of benzene rings is 1. The smallest absolute Gasteiger partial charge is 0.335 e. The summed E-state index contributed by atoms with van der Waals surface area (Å²) in [6.07, 6.45) is 0. The molecule has 0 unspecified atom stereocenters. The lowest BCUT2D eigenvalue weighted by Gasteiger charge is -2.10. The summed E-state index contributed by atoms with van der Waals surface area (Å²) in [5, 5.41) is 8.92. The maximum Gasteiger partial charge on any atom is 0.335 e. The Bertz CT molecular complexity index is 637. The van der Waals surface area contributed by atoms with E-state index in [-0.39, 0.29) is 23.6 Å². The SMILES string of the molecule is C=C(C)COCCNS(=O)(=O)c1cc(C(=O)O)ccc1C. The first-order valence-electron chi connectivity index (χ1n) is 6.30. The first-order valence-corrected chi connectivity index (χ1v) is 7.78. The third kappa shape index (κ3) is 5.30. The highest BCUT2D eigenvalue weighted by Crippen LogP contribution is 2.17. The lowest BCUT2D eigenvalue weighted by molar-refractivity contribution is 0.0696. The summed E-state index contributed by atoms with van der Waals surface area (Å²) >= 11 is 0. The van der Waals surface area contributed by atoms with Gasteiger partial charge in [0.05, 0.1) is 23.7 Å². The van der Waals surface area contributed by atoms with Crippen LogP contribution in [0, 0.1) is 6.92 Å². The van der Waals surface area contributed by atoms with Gasteiger partial charge < -0.3 is 9.84 Å². The second-order valence-electron chi connectivity index (χ2n) is 4.69. The van der Waals surface area contributed by atoms with Crippen LogP contribution < -0.4 is 4.72 Å². The van der Waals surface area contributed by atoms with E-state index in [1.54, 1.807) is 6.92 Å². The van der Waals surface area contributed by atoms with Crippen molar-refractivity contribution in [3.63, 3.8) is 0 Å². The van der Waals surface area contributed by atoms with Crippen molar-refractivity contribution in [3.05, 3.63) is 41.5 Å². The maximum atomic E-state index is 12.1. The van der Waals surface area contributed by atoms with Gasteiger partial charge in [-0.15, -0.1) is 0 Å². The van der Waals surface area contributed by atoms with Gasteiger partial charge in [0.2, 0.25) is 10.0 Å². The fraction of sp³-hybridized carbons (Fsp3) is 0.357. The number of aryl methyl sites for hydroxylation is 1. The number of carboxylic acid groups (broad SMARTS) is 1. The molecular formula is C14H19NO5S. The average molecular weight is 313 g/mol. The number of hydrogen-bond donors (Lipinski definition) is 2. The Morgan fingerprint density at radius 2 is 2.10 bits per heavy atom. The molecule has 1 aromatic rings. The lowest BCUT2D eigenvalue weighted by Crippen LogP contribution is -2.28. The summed E-state index contributed by atoms with van der Waals surface area (Å²) in [7, 11) is -3.76. The van der Waals surface area contributed by atoms with Crippen LogP contribution in [0.25, 0.3) is 0 Å². The number of hydrogen-bond acceptors (Lipinski definition) is 4. The van der Waals surface area contributed by atoms with Crippen LogP contribution in [0.15, 0.2) is 35.2 Å². The predicted molar refractivity (Wildman–Crippen MR) is 79.0 cm³/mol. The van der Waals surface area contributed by atoms with Gasteiger partial charge in [0.25, 0.3) is 0 Å². The summed E-state index contributed by atoms with van der Waals surface area (Å²) in [6, 6.07) is 3.98. The number of carbonyl (C=O) groups is 1. The first kappa shape index (κ1) is 17.4. The molecular weight excluding hydrogens is 294 g/mol. The van der Waals surface area contributed by atoms with Crippen LogP contribution in [-0.4, -0.2) is 39.3 Å². The van der Waals surface area contributed by atoms with Crippen molar-refractivity contribution in [2.45, 2.75) is 18.7 Å². The van der Waals surface area contributed by atoms with Crippen molar-refractivity contribution in [2.24, 2.45) is 0 Å². The predicted octanol–water partition coefficient (Wildman–Crippen LogP) is 1.56. The molecule has 0 aliphatic rings. The van der Waals surface area contributed by atoms with E-state index < -0.39 is 16.0 Å². The summed E-state index contributed by atoms with van der Waals surface area (Å²) in [6.45, 7) is 7.77. The standard InChI is InChI=1S/C14H19NO5S/c1-10(2)9-20-7-6-15-21(18,19)13-8-12(14(16)17)5-4-11(13)3/h4-5,8,15H,1,6-7,9H2,2-3H3,(H,16,17). The molecule has 21 heavy (non-hydrogen) atoms. The number of sulfonamides is 1. The van der Waals surface area contributed by atoms with Crippen molar-refractivity contribution in [2.75, 3.05) is 19.8 Å². The van der Waals surface area contributed by atoms with E-state index in [2.05, 4.69) is 11.3 Å². The first-order chi connectivity index (χ1) is 9.74. The molecule has 0 saturated heterocycles. The third-order valence-electron chi connectivity index (χ3n) is 2.61. The van der Waals surface area contributed by atoms with Gasteiger partial charge in [-0.3, -0.25) is 0 Å². The molecule has 1 aromatic carbocycles. The number of nitrogens with one attached hydrogen (secondary N) is 1. The second-order valence-corrected chi connectivity index (χ2v) is 6.43. The molecule has 0 aliphatic heterocycles. The van der Waals surface area contributed by atoms with Crippen molar-refractivity contribution in [3.8, 4) is 0 Å². The van der Waals surface area contributed by atoms with Crippen molar-refractivity contribution >= 4 is 16.0 Å². The Balaban J connectivity index is 2.76. The Morgan fingerprint density at radius 1 is 1.43 bits per heavy atom. The Kier molecular flexibility index (Phi) is 6.07. The molecule has 2 N–H and O–H groups in total. The zero-order valence-corrected chi connectivity index (χ0v) is 12.9. The largest absolute Gasteiger partial charge is 0.478 e. The van der Waals surface area contributed by atoms with Crippen molar-refractivity contribution in [1.29, 1.82) is 0 Å². The minimum absolute atomic E-state index is 0.0395. The molecule has 0 atom stereocenters. The lowest BCUT2D eigenvalue weighted by atomic mass is 10.1. The molecule has 7 heteroatoms. The van der Waals surface area contributed by atoms with Gasteiger partial charge >= 0.3 is 5.97 Å². The van der Waals surface area contributed by atoms with Crippen LogP contribution in [0.3, 0.4) is 0 Å². The number of ether oxygens (including phenoxy) is 1. The number of rotatable bonds is 8. The molecule has 0 saturated carbocycles. The van der Waals surface area contributed by atoms with Gasteiger partial charge in [-0.05, 0) is 31.5 Å². The van der Waals surface area contributed by atoms with Gasteiger partial charge in [-0.1, -0.05) is 18.2 Å². The van der Waals surface area contributed by atoms with Crippen LogP contribution >= 0.6 is 0 Å². The molecule has 0 heterocycles. The van der Waals surface area contributed by atoms with Gasteiger partial charge in [-0.2, -0.15) is 0 Å². The van der Waals surface area contributed by atoms with Gasteiger partial charge in [0.1, 0.15) is 0 Å². The summed E-state index contributed by atoms with van der Waals surface area (Å²) in [5.74, 6) is -1.17. The number of aromatic carboxylic acids is 1. The summed E-state index contributed by atoms with van der Waals surface area (Å²) in [5.41, 5.74) is 1.26. The van der Waals surface area contributed by atoms with Crippen molar-refractivity contribution < 1.29 is 23.1 Å². The van der Waals surface area contributed by atoms with Crippen LogP contribution in [0.2, 0.25) is 0 Å². The van der Waals surface area contributed by atoms with Crippen LogP contribution in [0.4, 0.5) is 0 Å². The molecule has 116 valence electrons. The van der Waals surface area contributed by atoms with E-state index in [0.29, 0.717) is 12.2 Å². The maximum absolute atomic E-state index is 12.1. The monoisotopic (exact) mass is 313 g/mol. The highest BCUT2D eigenvalue weighted by Gasteiger charge is 2.18. The van der Waals surface area contributed by atoms with E-state index in [1.165, 1.54) is 12.1 Å². The average Bonchev–Trinajstić information content (AvgIpc) is 2.37. The summed E-state index contributed by atoms with van der Waals surface area (Å²) < 4.78 is 31.9. The highest BCUT2D eigenvalue weighted by atomic mass is 32.2. The second kappa shape index (κ2) is 7.35. The molecule has 0 amide bonds. The van der Waals surface area contributed by atoms with E-state index in [9.17, 15) is 13.2 Å². The molecule has 0 radical (unpaired) electrons. The molecule has 0 aliphatic carbocycles. The van der Waals surface area contributed by atoms with E-state index >= 15 is 0 Å². The Hall–Kier alpha value is -1.70. The van der Waals surface area contributed by atoms with Crippen molar-refractivity contribution in [1.82, 2.24) is 4.72 Å². The third-order valence-corrected chi connectivity index (χ3v) is 4.21. The quantitative estimate of drug-likeness (QED) is 0.561. The molecule has 0 fully saturated rings. The topological polar surface area (TPSA) is 92.7 Å². The normalized spacial score (nSPS) is 11.3. The van der Waals surface area contributed by atoms with Crippen LogP contribution in [0.1, 0.15) is 22.8 Å². The number of carboxylic acids is 1. The highest BCUT2D eigenvalue weighted by molar-refractivity contribution is 7.89. The van der Waals surface area contributed by atoms with Crippen LogP contribution in [-0.2, 0) is 14.8 Å². The minimum atomic E-state index is -3.76. The molecule has 0 bridgehead atoms. The van der Waals surface area contributed by atoms with Crippen LogP contribution in [0.5, 0.6) is 0 Å². The van der Waals surface area contributed by atoms with Gasteiger partial charge in [0.15, 0.2) is 0 Å². The van der Waals surface area contributed by atoms with Gasteiger partial charge in [0, 0.05) is 6.54 Å². The van der Waals surface area contributed by atoms with E-state index in [0.717, 1.165) is 11.6 Å². The molecule has 0 aromatic heterocycles. The fourth-order valence-corrected chi connectivity index (χ4v) is 2.88. The zero-order valence-electron chi connectivity index (χ0n) is 12.0. The van der Waals surface area contributed by atoms with E-state index in [4.69, 9.17) is 9.84 Å². The van der Waals surface area contributed by atoms with E-state index in [1.807, 2.05) is 6.92 Å². The fourth-order valence-electron chi connectivity index (χ4n) is 1.59. The molecule has 6 nitrogen and oxygen atoms in total.